The predicted molar refractivity (Wildman–Crippen MR) is 137 cm³/mol. The molecule has 1 aliphatic rings. The highest BCUT2D eigenvalue weighted by Crippen LogP contribution is 2.15. The van der Waals surface area contributed by atoms with Crippen LogP contribution in [-0.4, -0.2) is 98.4 Å². The maximum atomic E-state index is 12.7. The van der Waals surface area contributed by atoms with Crippen LogP contribution in [0.1, 0.15) is 20.8 Å². The zero-order chi connectivity index (χ0) is 21.9. The van der Waals surface area contributed by atoms with E-state index in [0.29, 0.717) is 38.7 Å². The summed E-state index contributed by atoms with van der Waals surface area (Å²) in [5.41, 5.74) is 1.19. The van der Waals surface area contributed by atoms with Crippen LogP contribution in [0.3, 0.4) is 0 Å². The van der Waals surface area contributed by atoms with Crippen LogP contribution >= 0.6 is 24.0 Å². The van der Waals surface area contributed by atoms with Crippen LogP contribution in [0.25, 0.3) is 0 Å². The number of nitrogens with zero attached hydrogens (tertiary/aromatic N) is 5. The van der Waals surface area contributed by atoms with E-state index in [4.69, 9.17) is 0 Å². The van der Waals surface area contributed by atoms with Crippen molar-refractivity contribution < 1.29 is 9.59 Å². The molecule has 0 unspecified atom stereocenters. The van der Waals surface area contributed by atoms with Crippen molar-refractivity contribution in [1.29, 1.82) is 0 Å². The molecule has 1 aromatic carbocycles. The molecule has 0 spiro atoms. The van der Waals surface area contributed by atoms with Crippen molar-refractivity contribution in [2.24, 2.45) is 4.99 Å². The van der Waals surface area contributed by atoms with Crippen LogP contribution < -0.4 is 10.2 Å². The number of hydrogen-bond acceptors (Lipinski definition) is 4. The van der Waals surface area contributed by atoms with E-state index in [9.17, 15) is 9.59 Å². The number of halogens is 1. The molecule has 0 aromatic heterocycles. The molecule has 0 bridgehead atoms. The molecule has 174 valence electrons. The molecule has 0 saturated carbocycles. The van der Waals surface area contributed by atoms with E-state index in [1.165, 1.54) is 5.69 Å². The van der Waals surface area contributed by atoms with Crippen molar-refractivity contribution in [1.82, 2.24) is 20.0 Å². The van der Waals surface area contributed by atoms with Gasteiger partial charge in [0.15, 0.2) is 5.96 Å². The van der Waals surface area contributed by atoms with E-state index in [2.05, 4.69) is 27.3 Å². The first-order chi connectivity index (χ1) is 14.5. The molecule has 1 fully saturated rings. The summed E-state index contributed by atoms with van der Waals surface area (Å²) in [6, 6.07) is 10.3. The zero-order valence-electron chi connectivity index (χ0n) is 19.2. The number of aliphatic imine (C=N–C) groups is 1. The van der Waals surface area contributed by atoms with Crippen molar-refractivity contribution >= 4 is 47.4 Å². The molecule has 8 nitrogen and oxygen atoms in total. The fourth-order valence-corrected chi connectivity index (χ4v) is 3.52. The number of hydrogen-bond donors (Lipinski definition) is 1. The Kier molecular flexibility index (Phi) is 12.3. The number of para-hydroxylation sites is 1. The summed E-state index contributed by atoms with van der Waals surface area (Å²) in [5.74, 6) is 0.646. The fraction of sp³-hybridized carbons (Fsp3) is 0.591. The SMILES string of the molecule is CCNC(=NCC(=O)N1CCN(c2ccccc2)CC1)N(C)CC(=O)N(CC)CC.I. The van der Waals surface area contributed by atoms with Gasteiger partial charge in [0, 0.05) is 58.5 Å². The van der Waals surface area contributed by atoms with E-state index in [-0.39, 0.29) is 48.9 Å². The summed E-state index contributed by atoms with van der Waals surface area (Å²) in [5, 5.41) is 3.18. The van der Waals surface area contributed by atoms with Gasteiger partial charge in [0.25, 0.3) is 0 Å². The van der Waals surface area contributed by atoms with Crippen molar-refractivity contribution in [2.45, 2.75) is 20.8 Å². The van der Waals surface area contributed by atoms with E-state index in [0.717, 1.165) is 13.1 Å². The summed E-state index contributed by atoms with van der Waals surface area (Å²) in [7, 11) is 1.83. The van der Waals surface area contributed by atoms with Crippen LogP contribution in [0.15, 0.2) is 35.3 Å². The molecule has 2 rings (SSSR count). The first kappa shape index (κ1) is 27.0. The number of rotatable bonds is 8. The van der Waals surface area contributed by atoms with Gasteiger partial charge in [0.2, 0.25) is 11.8 Å². The lowest BCUT2D eigenvalue weighted by Gasteiger charge is -2.36. The average molecular weight is 544 g/mol. The quantitative estimate of drug-likeness (QED) is 0.307. The Hall–Kier alpha value is -2.04. The molecule has 1 heterocycles. The molecule has 0 atom stereocenters. The number of amides is 2. The molecule has 1 N–H and O–H groups in total. The van der Waals surface area contributed by atoms with Gasteiger partial charge >= 0.3 is 0 Å². The maximum absolute atomic E-state index is 12.7. The fourth-order valence-electron chi connectivity index (χ4n) is 3.52. The Balaban J connectivity index is 0.00000480. The number of likely N-dealkylation sites (N-methyl/N-ethyl adjacent to an activating group) is 2. The minimum absolute atomic E-state index is 0. The van der Waals surface area contributed by atoms with Gasteiger partial charge in [-0.05, 0) is 32.9 Å². The van der Waals surface area contributed by atoms with Crippen LogP contribution in [0.2, 0.25) is 0 Å². The normalized spacial score (nSPS) is 14.0. The third kappa shape index (κ3) is 8.19. The zero-order valence-corrected chi connectivity index (χ0v) is 21.5. The lowest BCUT2D eigenvalue weighted by atomic mass is 10.2. The molecule has 0 aliphatic carbocycles. The van der Waals surface area contributed by atoms with Crippen molar-refractivity contribution in [3.05, 3.63) is 30.3 Å². The number of benzene rings is 1. The number of piperazine rings is 1. The lowest BCUT2D eigenvalue weighted by Crippen LogP contribution is -2.50. The smallest absolute Gasteiger partial charge is 0.244 e. The van der Waals surface area contributed by atoms with E-state index in [1.54, 1.807) is 9.80 Å². The highest BCUT2D eigenvalue weighted by molar-refractivity contribution is 14.0. The number of anilines is 1. The van der Waals surface area contributed by atoms with Crippen LogP contribution in [0.5, 0.6) is 0 Å². The van der Waals surface area contributed by atoms with Crippen molar-refractivity contribution in [3.63, 3.8) is 0 Å². The Morgan fingerprint density at radius 2 is 1.65 bits per heavy atom. The molecule has 0 radical (unpaired) electrons. The Morgan fingerprint density at radius 3 is 2.19 bits per heavy atom. The Morgan fingerprint density at radius 1 is 1.03 bits per heavy atom. The number of carbonyl (C=O) groups excluding carboxylic acids is 2. The molecule has 9 heteroatoms. The molecular formula is C22H37IN6O2. The van der Waals surface area contributed by atoms with Gasteiger partial charge < -0.3 is 24.9 Å². The highest BCUT2D eigenvalue weighted by atomic mass is 127. The maximum Gasteiger partial charge on any atom is 0.244 e. The third-order valence-electron chi connectivity index (χ3n) is 5.30. The van der Waals surface area contributed by atoms with Gasteiger partial charge in [-0.2, -0.15) is 0 Å². The topological polar surface area (TPSA) is 71.5 Å². The number of guanidine groups is 1. The van der Waals surface area contributed by atoms with Crippen LogP contribution in [0, 0.1) is 0 Å². The van der Waals surface area contributed by atoms with Crippen LogP contribution in [-0.2, 0) is 9.59 Å². The first-order valence-electron chi connectivity index (χ1n) is 10.8. The van der Waals surface area contributed by atoms with Gasteiger partial charge in [-0.25, -0.2) is 4.99 Å². The second-order valence-corrected chi connectivity index (χ2v) is 7.30. The van der Waals surface area contributed by atoms with Gasteiger partial charge in [0.05, 0.1) is 6.54 Å². The Labute approximate surface area is 203 Å². The molecular weight excluding hydrogens is 507 g/mol. The summed E-state index contributed by atoms with van der Waals surface area (Å²) in [4.78, 5) is 37.3. The number of nitrogens with one attached hydrogen (secondary N) is 1. The van der Waals surface area contributed by atoms with Gasteiger partial charge in [-0.1, -0.05) is 18.2 Å². The van der Waals surface area contributed by atoms with Crippen molar-refractivity contribution in [3.8, 4) is 0 Å². The first-order valence-corrected chi connectivity index (χ1v) is 10.8. The van der Waals surface area contributed by atoms with E-state index < -0.39 is 0 Å². The van der Waals surface area contributed by atoms with Gasteiger partial charge in [0.1, 0.15) is 6.54 Å². The molecule has 1 aliphatic heterocycles. The van der Waals surface area contributed by atoms with Crippen LogP contribution in [0.4, 0.5) is 5.69 Å². The number of carbonyl (C=O) groups is 2. The predicted octanol–water partition coefficient (Wildman–Crippen LogP) is 1.72. The standard InChI is InChI=1S/C22H36N6O2.HI/c1-5-23-22(25(4)18-21(30)26(6-2)7-3)24-17-20(29)28-15-13-27(14-16-28)19-11-9-8-10-12-19;/h8-12H,5-7,13-18H2,1-4H3,(H,23,24);1H. The summed E-state index contributed by atoms with van der Waals surface area (Å²) >= 11 is 0. The summed E-state index contributed by atoms with van der Waals surface area (Å²) < 4.78 is 0. The molecule has 31 heavy (non-hydrogen) atoms. The van der Waals surface area contributed by atoms with Crippen molar-refractivity contribution in [2.75, 3.05) is 70.9 Å². The van der Waals surface area contributed by atoms with Gasteiger partial charge in [-0.15, -0.1) is 24.0 Å². The average Bonchev–Trinajstić information content (AvgIpc) is 2.77. The monoisotopic (exact) mass is 544 g/mol. The van der Waals surface area contributed by atoms with Gasteiger partial charge in [-0.3, -0.25) is 9.59 Å². The highest BCUT2D eigenvalue weighted by Gasteiger charge is 2.21. The van der Waals surface area contributed by atoms with E-state index >= 15 is 0 Å². The molecule has 2 amide bonds. The lowest BCUT2D eigenvalue weighted by molar-refractivity contribution is -0.131. The third-order valence-corrected chi connectivity index (χ3v) is 5.30. The summed E-state index contributed by atoms with van der Waals surface area (Å²) in [6.45, 7) is 11.3. The second kappa shape index (κ2) is 14.1. The Bertz CT molecular complexity index is 703. The molecule has 1 saturated heterocycles. The van der Waals surface area contributed by atoms with E-state index in [1.807, 2.05) is 50.9 Å². The largest absolute Gasteiger partial charge is 0.368 e. The minimum Gasteiger partial charge on any atom is -0.368 e. The summed E-state index contributed by atoms with van der Waals surface area (Å²) in [6.07, 6.45) is 0. The molecule has 1 aromatic rings. The second-order valence-electron chi connectivity index (χ2n) is 7.30. The minimum atomic E-state index is 0.